The fraction of sp³-hybridized carbons (Fsp3) is 0.211. The van der Waals surface area contributed by atoms with Gasteiger partial charge in [0.25, 0.3) is 0 Å². The van der Waals surface area contributed by atoms with Gasteiger partial charge in [-0.2, -0.15) is 9.98 Å². The van der Waals surface area contributed by atoms with Gasteiger partial charge in [0.15, 0.2) is 0 Å². The minimum Gasteiger partial charge on any atom is -0.438 e. The quantitative estimate of drug-likeness (QED) is 0.511. The maximum absolute atomic E-state index is 10.6. The number of carbonyl (C=O) groups excluding carboxylic acids is 1. The van der Waals surface area contributed by atoms with E-state index in [1.807, 2.05) is 45.0 Å². The van der Waals surface area contributed by atoms with E-state index in [2.05, 4.69) is 15.0 Å². The van der Waals surface area contributed by atoms with Crippen LogP contribution in [-0.4, -0.2) is 16.0 Å². The van der Waals surface area contributed by atoms with E-state index in [1.165, 1.54) is 0 Å². The van der Waals surface area contributed by atoms with Crippen molar-refractivity contribution < 1.29 is 9.53 Å². The number of hydrogen-bond acceptors (Lipinski definition) is 5. The molecule has 120 valence electrons. The van der Waals surface area contributed by atoms with E-state index in [4.69, 9.17) is 4.74 Å². The van der Waals surface area contributed by atoms with Crippen LogP contribution in [0, 0.1) is 6.92 Å². The third kappa shape index (κ3) is 3.16. The van der Waals surface area contributed by atoms with E-state index in [-0.39, 0.29) is 5.92 Å². The summed E-state index contributed by atoms with van der Waals surface area (Å²) in [5, 5.41) is 1.68. The second kappa shape index (κ2) is 6.60. The molecule has 0 radical (unpaired) electrons. The Hall–Kier alpha value is -3.04. The van der Waals surface area contributed by atoms with Gasteiger partial charge in [-0.25, -0.2) is 9.78 Å². The van der Waals surface area contributed by atoms with E-state index in [0.29, 0.717) is 17.3 Å². The summed E-state index contributed by atoms with van der Waals surface area (Å²) in [6.07, 6.45) is 1.59. The molecule has 0 fully saturated rings. The molecule has 0 bridgehead atoms. The van der Waals surface area contributed by atoms with Crippen LogP contribution in [0.3, 0.4) is 0 Å². The number of rotatable bonds is 4. The number of fused-ring (bicyclic) bond motifs is 1. The number of ether oxygens (including phenoxy) is 1. The van der Waals surface area contributed by atoms with Crippen molar-refractivity contribution in [2.75, 3.05) is 0 Å². The molecule has 0 spiro atoms. The first-order valence-corrected chi connectivity index (χ1v) is 7.71. The summed E-state index contributed by atoms with van der Waals surface area (Å²) in [5.41, 5.74) is 1.42. The van der Waals surface area contributed by atoms with E-state index < -0.39 is 0 Å². The van der Waals surface area contributed by atoms with Crippen LogP contribution in [0.2, 0.25) is 0 Å². The molecule has 0 aliphatic heterocycles. The highest BCUT2D eigenvalue weighted by Crippen LogP contribution is 2.35. The number of aromatic nitrogens is 2. The largest absolute Gasteiger partial charge is 0.438 e. The molecule has 0 saturated carbocycles. The van der Waals surface area contributed by atoms with Crippen molar-refractivity contribution in [1.29, 1.82) is 0 Å². The number of nitrogens with zero attached hydrogens (tertiary/aromatic N) is 3. The van der Waals surface area contributed by atoms with Gasteiger partial charge >= 0.3 is 0 Å². The fourth-order valence-electron chi connectivity index (χ4n) is 2.48. The molecular weight excluding hydrogens is 302 g/mol. The maximum Gasteiger partial charge on any atom is 0.240 e. The summed E-state index contributed by atoms with van der Waals surface area (Å²) in [6.45, 7) is 6.00. The normalized spacial score (nSPS) is 10.7. The Morgan fingerprint density at radius 1 is 1.08 bits per heavy atom. The zero-order valence-corrected chi connectivity index (χ0v) is 13.8. The zero-order valence-electron chi connectivity index (χ0n) is 13.8. The molecule has 0 unspecified atom stereocenters. The van der Waals surface area contributed by atoms with Crippen LogP contribution in [-0.2, 0) is 4.79 Å². The standard InChI is InChI=1S/C19H17N3O2/c1-12(2)19-21-13(3)10-18(22-19)24-17-9-8-16(20-11-23)14-6-4-5-7-15(14)17/h4-10,12H,1-3H3. The SMILES string of the molecule is Cc1cc(Oc2ccc(N=C=O)c3ccccc23)nc(C(C)C)n1. The first kappa shape index (κ1) is 15.8. The topological polar surface area (TPSA) is 64.4 Å². The lowest BCUT2D eigenvalue weighted by molar-refractivity contribution is 0.461. The van der Waals surface area contributed by atoms with E-state index in [1.54, 1.807) is 24.3 Å². The molecule has 0 aliphatic rings. The summed E-state index contributed by atoms with van der Waals surface area (Å²) in [4.78, 5) is 23.2. The van der Waals surface area contributed by atoms with Crippen molar-refractivity contribution in [1.82, 2.24) is 9.97 Å². The maximum atomic E-state index is 10.6. The zero-order chi connectivity index (χ0) is 17.1. The van der Waals surface area contributed by atoms with E-state index in [0.717, 1.165) is 22.3 Å². The van der Waals surface area contributed by atoms with Gasteiger partial charge in [0.05, 0.1) is 5.69 Å². The van der Waals surface area contributed by atoms with Crippen molar-refractivity contribution in [3.8, 4) is 11.6 Å². The molecule has 1 heterocycles. The highest BCUT2D eigenvalue weighted by Gasteiger charge is 2.11. The average Bonchev–Trinajstić information content (AvgIpc) is 2.57. The molecule has 0 amide bonds. The Bertz CT molecular complexity index is 944. The molecule has 3 aromatic rings. The van der Waals surface area contributed by atoms with Crippen LogP contribution >= 0.6 is 0 Å². The molecule has 24 heavy (non-hydrogen) atoms. The van der Waals surface area contributed by atoms with Gasteiger partial charge < -0.3 is 4.74 Å². The average molecular weight is 319 g/mol. The predicted molar refractivity (Wildman–Crippen MR) is 92.7 cm³/mol. The Kier molecular flexibility index (Phi) is 4.36. The number of hydrogen-bond donors (Lipinski definition) is 0. The smallest absolute Gasteiger partial charge is 0.240 e. The van der Waals surface area contributed by atoms with Crippen molar-refractivity contribution in [2.45, 2.75) is 26.7 Å². The molecule has 5 heteroatoms. The number of benzene rings is 2. The molecular formula is C19H17N3O2. The van der Waals surface area contributed by atoms with Crippen LogP contribution in [0.5, 0.6) is 11.6 Å². The summed E-state index contributed by atoms with van der Waals surface area (Å²) in [6, 6.07) is 12.9. The lowest BCUT2D eigenvalue weighted by atomic mass is 10.1. The minimum absolute atomic E-state index is 0.216. The molecule has 0 atom stereocenters. The summed E-state index contributed by atoms with van der Waals surface area (Å²) >= 11 is 0. The van der Waals surface area contributed by atoms with Gasteiger partial charge in [-0.15, -0.1) is 0 Å². The van der Waals surface area contributed by atoms with Crippen molar-refractivity contribution in [3.05, 3.63) is 54.0 Å². The van der Waals surface area contributed by atoms with Gasteiger partial charge in [0, 0.05) is 28.5 Å². The molecule has 2 aromatic carbocycles. The Morgan fingerprint density at radius 3 is 2.54 bits per heavy atom. The highest BCUT2D eigenvalue weighted by molar-refractivity contribution is 5.97. The van der Waals surface area contributed by atoms with Gasteiger partial charge in [-0.1, -0.05) is 38.1 Å². The number of aliphatic imine (C=N–C) groups is 1. The summed E-state index contributed by atoms with van der Waals surface area (Å²) in [7, 11) is 0. The molecule has 0 N–H and O–H groups in total. The summed E-state index contributed by atoms with van der Waals surface area (Å²) < 4.78 is 6.01. The molecule has 5 nitrogen and oxygen atoms in total. The Balaban J connectivity index is 2.08. The summed E-state index contributed by atoms with van der Waals surface area (Å²) in [5.74, 6) is 2.12. The molecule has 1 aromatic heterocycles. The lowest BCUT2D eigenvalue weighted by Crippen LogP contribution is -2.01. The second-order valence-corrected chi connectivity index (χ2v) is 5.79. The number of isocyanates is 1. The van der Waals surface area contributed by atoms with Crippen molar-refractivity contribution >= 4 is 22.5 Å². The second-order valence-electron chi connectivity index (χ2n) is 5.79. The Morgan fingerprint density at radius 2 is 1.83 bits per heavy atom. The lowest BCUT2D eigenvalue weighted by Gasteiger charge is -2.12. The van der Waals surface area contributed by atoms with Crippen LogP contribution in [0.15, 0.2) is 47.5 Å². The molecule has 3 rings (SSSR count). The highest BCUT2D eigenvalue weighted by atomic mass is 16.5. The fourth-order valence-corrected chi connectivity index (χ4v) is 2.48. The first-order valence-electron chi connectivity index (χ1n) is 7.71. The van der Waals surface area contributed by atoms with Crippen LogP contribution < -0.4 is 4.74 Å². The number of aryl methyl sites for hydroxylation is 1. The van der Waals surface area contributed by atoms with Crippen molar-refractivity contribution in [2.24, 2.45) is 4.99 Å². The van der Waals surface area contributed by atoms with Gasteiger partial charge in [0.2, 0.25) is 12.0 Å². The first-order chi connectivity index (χ1) is 11.6. The van der Waals surface area contributed by atoms with Crippen LogP contribution in [0.4, 0.5) is 5.69 Å². The third-order valence-electron chi connectivity index (χ3n) is 3.61. The van der Waals surface area contributed by atoms with Crippen LogP contribution in [0.1, 0.15) is 31.3 Å². The predicted octanol–water partition coefficient (Wildman–Crippen LogP) is 4.82. The van der Waals surface area contributed by atoms with Crippen LogP contribution in [0.25, 0.3) is 10.8 Å². The Labute approximate surface area is 140 Å². The minimum atomic E-state index is 0.216. The monoisotopic (exact) mass is 319 g/mol. The van der Waals surface area contributed by atoms with Gasteiger partial charge in [-0.3, -0.25) is 0 Å². The third-order valence-corrected chi connectivity index (χ3v) is 3.61. The van der Waals surface area contributed by atoms with Gasteiger partial charge in [0.1, 0.15) is 11.6 Å². The van der Waals surface area contributed by atoms with E-state index >= 15 is 0 Å². The van der Waals surface area contributed by atoms with Crippen molar-refractivity contribution in [3.63, 3.8) is 0 Å². The molecule has 0 aliphatic carbocycles. The van der Waals surface area contributed by atoms with Gasteiger partial charge in [-0.05, 0) is 19.1 Å². The molecule has 0 saturated heterocycles. The van der Waals surface area contributed by atoms with E-state index in [9.17, 15) is 4.79 Å².